The van der Waals surface area contributed by atoms with Crippen molar-refractivity contribution in [2.45, 2.75) is 25.3 Å². The van der Waals surface area contributed by atoms with E-state index in [1.165, 1.54) is 48.7 Å². The first-order valence-corrected chi connectivity index (χ1v) is 7.50. The van der Waals surface area contributed by atoms with E-state index in [1.807, 2.05) is 0 Å². The molecule has 2 N–H and O–H groups in total. The average molecular weight is 325 g/mol. The number of thioether (sulfide) groups is 1. The van der Waals surface area contributed by atoms with Gasteiger partial charge in [0.05, 0.1) is 0 Å². The molecule has 1 amide bonds. The van der Waals surface area contributed by atoms with Crippen LogP contribution in [0.1, 0.15) is 24.8 Å². The molecule has 0 bridgehead atoms. The van der Waals surface area contributed by atoms with E-state index in [1.54, 1.807) is 0 Å². The van der Waals surface area contributed by atoms with Gasteiger partial charge in [-0.15, -0.1) is 11.8 Å². The molecule has 0 aliphatic carbocycles. The number of carboxylic acids is 1. The van der Waals surface area contributed by atoms with Crippen LogP contribution >= 0.6 is 11.8 Å². The van der Waals surface area contributed by atoms with Gasteiger partial charge >= 0.3 is 11.9 Å². The lowest BCUT2D eigenvalue weighted by atomic mass is 10.1. The predicted molar refractivity (Wildman–Crippen MR) is 78.6 cm³/mol. The summed E-state index contributed by atoms with van der Waals surface area (Å²) in [6.45, 7) is 2.52. The van der Waals surface area contributed by atoms with E-state index in [9.17, 15) is 24.6 Å². The summed E-state index contributed by atoms with van der Waals surface area (Å²) in [5.41, 5.74) is 0.388. The maximum Gasteiger partial charge on any atom is 0.327 e. The number of benzene rings is 1. The summed E-state index contributed by atoms with van der Waals surface area (Å²) in [4.78, 5) is 35.5. The van der Waals surface area contributed by atoms with Gasteiger partial charge < -0.3 is 19.8 Å². The first-order valence-electron chi connectivity index (χ1n) is 6.46. The number of hydrogen-bond acceptors (Lipinski definition) is 6. The second kappa shape index (κ2) is 6.27. The van der Waals surface area contributed by atoms with Crippen molar-refractivity contribution in [1.29, 1.82) is 0 Å². The minimum Gasteiger partial charge on any atom is -0.508 e. The normalized spacial score (nSPS) is 20.7. The highest BCUT2D eigenvalue weighted by atomic mass is 32.2. The number of nitrogens with zero attached hydrogens (tertiary/aromatic N) is 1. The van der Waals surface area contributed by atoms with Crippen molar-refractivity contribution in [3.8, 4) is 11.5 Å². The molecular weight excluding hydrogens is 310 g/mol. The number of carboxylic acid groups (broad SMARTS) is 1. The molecule has 22 heavy (non-hydrogen) atoms. The number of carbonyl (C=O) groups is 3. The number of esters is 1. The van der Waals surface area contributed by atoms with Gasteiger partial charge in [0.2, 0.25) is 5.91 Å². The standard InChI is InChI=1S/C14H15NO6S/c1-7(16)15-11(14(19)20)6-22-13(15)10-5-9(18)3-4-12(10)21-8(2)17/h3-5,11,13,18H,6H2,1-2H3,(H,19,20). The Kier molecular flexibility index (Phi) is 4.60. The Bertz CT molecular complexity index is 632. The molecule has 0 saturated carbocycles. The third-order valence-electron chi connectivity index (χ3n) is 3.16. The first-order chi connectivity index (χ1) is 10.3. The van der Waals surface area contributed by atoms with Gasteiger partial charge in [0.25, 0.3) is 0 Å². The Morgan fingerprint density at radius 3 is 2.55 bits per heavy atom. The van der Waals surface area contributed by atoms with Gasteiger partial charge in [0.1, 0.15) is 22.9 Å². The molecule has 8 heteroatoms. The lowest BCUT2D eigenvalue weighted by Crippen LogP contribution is -2.41. The van der Waals surface area contributed by atoms with Crippen LogP contribution < -0.4 is 4.74 Å². The molecule has 1 aliphatic rings. The Labute approximate surface area is 130 Å². The zero-order valence-corrected chi connectivity index (χ0v) is 12.8. The molecule has 2 unspecified atom stereocenters. The minimum absolute atomic E-state index is 0.0613. The number of amides is 1. The van der Waals surface area contributed by atoms with Crippen LogP contribution in [0.3, 0.4) is 0 Å². The third-order valence-corrected chi connectivity index (χ3v) is 4.47. The fourth-order valence-electron chi connectivity index (χ4n) is 2.30. The molecule has 0 aromatic heterocycles. The van der Waals surface area contributed by atoms with Crippen molar-refractivity contribution in [2.24, 2.45) is 0 Å². The number of carbonyl (C=O) groups excluding carboxylic acids is 2. The van der Waals surface area contributed by atoms with Crippen molar-refractivity contribution in [2.75, 3.05) is 5.75 Å². The summed E-state index contributed by atoms with van der Waals surface area (Å²) < 4.78 is 5.09. The molecule has 1 aromatic carbocycles. The quantitative estimate of drug-likeness (QED) is 0.639. The minimum atomic E-state index is -1.10. The zero-order valence-electron chi connectivity index (χ0n) is 12.0. The van der Waals surface area contributed by atoms with E-state index in [4.69, 9.17) is 4.74 Å². The summed E-state index contributed by atoms with van der Waals surface area (Å²) in [5.74, 6) is -1.69. The molecule has 1 heterocycles. The number of ether oxygens (including phenoxy) is 1. The second-order valence-electron chi connectivity index (χ2n) is 4.78. The van der Waals surface area contributed by atoms with Gasteiger partial charge in [-0.1, -0.05) is 0 Å². The molecule has 1 aromatic rings. The Morgan fingerprint density at radius 2 is 2.00 bits per heavy atom. The molecule has 0 radical (unpaired) electrons. The fourth-order valence-corrected chi connectivity index (χ4v) is 3.78. The molecule has 2 rings (SSSR count). The Morgan fingerprint density at radius 1 is 1.32 bits per heavy atom. The number of aromatic hydroxyl groups is 1. The van der Waals surface area contributed by atoms with Crippen molar-refractivity contribution in [3.63, 3.8) is 0 Å². The number of rotatable bonds is 3. The van der Waals surface area contributed by atoms with Crippen LogP contribution in [0.5, 0.6) is 11.5 Å². The second-order valence-corrected chi connectivity index (χ2v) is 5.89. The van der Waals surface area contributed by atoms with Crippen LogP contribution in [0.15, 0.2) is 18.2 Å². The lowest BCUT2D eigenvalue weighted by molar-refractivity contribution is -0.148. The van der Waals surface area contributed by atoms with Gasteiger partial charge in [-0.3, -0.25) is 9.59 Å². The Hall–Kier alpha value is -2.22. The molecule has 1 aliphatic heterocycles. The van der Waals surface area contributed by atoms with E-state index >= 15 is 0 Å². The van der Waals surface area contributed by atoms with Crippen LogP contribution in [0.25, 0.3) is 0 Å². The van der Waals surface area contributed by atoms with Crippen LogP contribution in [0, 0.1) is 0 Å². The highest BCUT2D eigenvalue weighted by molar-refractivity contribution is 7.99. The van der Waals surface area contributed by atoms with Crippen LogP contribution in [0.2, 0.25) is 0 Å². The first kappa shape index (κ1) is 16.2. The van der Waals surface area contributed by atoms with E-state index < -0.39 is 29.3 Å². The van der Waals surface area contributed by atoms with E-state index in [2.05, 4.69) is 0 Å². The van der Waals surface area contributed by atoms with Gasteiger partial charge in [-0.25, -0.2) is 4.79 Å². The van der Waals surface area contributed by atoms with E-state index in [0.717, 1.165) is 0 Å². The number of phenolic OH excluding ortho intramolecular Hbond substituents is 1. The largest absolute Gasteiger partial charge is 0.508 e. The predicted octanol–water partition coefficient (Wildman–Crippen LogP) is 1.36. The molecule has 1 fully saturated rings. The smallest absolute Gasteiger partial charge is 0.327 e. The summed E-state index contributed by atoms with van der Waals surface area (Å²) in [7, 11) is 0. The monoisotopic (exact) mass is 325 g/mol. The van der Waals surface area contributed by atoms with E-state index in [0.29, 0.717) is 5.56 Å². The molecule has 1 saturated heterocycles. The van der Waals surface area contributed by atoms with Crippen molar-refractivity contribution in [3.05, 3.63) is 23.8 Å². The molecule has 118 valence electrons. The van der Waals surface area contributed by atoms with Crippen molar-refractivity contribution in [1.82, 2.24) is 4.90 Å². The molecule has 0 spiro atoms. The number of phenols is 1. The maximum absolute atomic E-state index is 11.8. The molecular formula is C14H15NO6S. The topological polar surface area (TPSA) is 104 Å². The fraction of sp³-hybridized carbons (Fsp3) is 0.357. The third kappa shape index (κ3) is 3.16. The maximum atomic E-state index is 11.8. The van der Waals surface area contributed by atoms with Crippen LogP contribution in [0.4, 0.5) is 0 Å². The molecule has 2 atom stereocenters. The summed E-state index contributed by atoms with van der Waals surface area (Å²) in [6, 6.07) is 3.18. The molecule has 7 nitrogen and oxygen atoms in total. The van der Waals surface area contributed by atoms with Crippen molar-refractivity contribution >= 4 is 29.6 Å². The summed E-state index contributed by atoms with van der Waals surface area (Å²) >= 11 is 1.24. The number of hydrogen-bond donors (Lipinski definition) is 2. The van der Waals surface area contributed by atoms with E-state index in [-0.39, 0.29) is 17.3 Å². The van der Waals surface area contributed by atoms with Gasteiger partial charge in [-0.05, 0) is 18.2 Å². The number of aliphatic carboxylic acids is 1. The lowest BCUT2D eigenvalue weighted by Gasteiger charge is -2.27. The van der Waals surface area contributed by atoms with Crippen LogP contribution in [-0.4, -0.2) is 44.8 Å². The van der Waals surface area contributed by atoms with Gasteiger partial charge in [-0.2, -0.15) is 0 Å². The highest BCUT2D eigenvalue weighted by Crippen LogP contribution is 2.45. The van der Waals surface area contributed by atoms with Gasteiger partial charge in [0.15, 0.2) is 0 Å². The average Bonchev–Trinajstić information content (AvgIpc) is 2.85. The zero-order chi connectivity index (χ0) is 16.4. The summed E-state index contributed by atoms with van der Waals surface area (Å²) in [6.07, 6.45) is 0. The van der Waals surface area contributed by atoms with Gasteiger partial charge in [0, 0.05) is 25.2 Å². The van der Waals surface area contributed by atoms with Crippen LogP contribution in [-0.2, 0) is 14.4 Å². The highest BCUT2D eigenvalue weighted by Gasteiger charge is 2.42. The van der Waals surface area contributed by atoms with Crippen molar-refractivity contribution < 1.29 is 29.3 Å². The summed E-state index contributed by atoms with van der Waals surface area (Å²) in [5, 5.41) is 18.2. The SMILES string of the molecule is CC(=O)Oc1ccc(O)cc1C1SCC(C(=O)O)N1C(C)=O. The Balaban J connectivity index is 2.45.